The maximum Gasteiger partial charge on any atom is 0.232 e. The minimum absolute atomic E-state index is 0.145. The number of nitrogens with zero attached hydrogens (tertiary/aromatic N) is 1. The van der Waals surface area contributed by atoms with Crippen LogP contribution in [0.4, 0.5) is 0 Å². The molecule has 0 bridgehead atoms. The molecule has 1 heterocycles. The number of ether oxygens (including phenoxy) is 1. The van der Waals surface area contributed by atoms with E-state index < -0.39 is 0 Å². The fourth-order valence-electron chi connectivity index (χ4n) is 2.30. The van der Waals surface area contributed by atoms with E-state index in [4.69, 9.17) is 4.74 Å². The Bertz CT molecular complexity index is 400. The SMILES string of the molecule is C[C@@H]1CN(C(=O)CSCc2ccccc2)C[C@H](C)O1. The molecule has 0 N–H and O–H groups in total. The largest absolute Gasteiger partial charge is 0.372 e. The van der Waals surface area contributed by atoms with Gasteiger partial charge in [-0.05, 0) is 19.4 Å². The number of carbonyl (C=O) groups excluding carboxylic acids is 1. The molecule has 0 radical (unpaired) electrons. The molecular weight excluding hydrogens is 258 g/mol. The number of thioether (sulfide) groups is 1. The topological polar surface area (TPSA) is 29.5 Å². The van der Waals surface area contributed by atoms with Gasteiger partial charge in [-0.15, -0.1) is 11.8 Å². The summed E-state index contributed by atoms with van der Waals surface area (Å²) in [7, 11) is 0. The van der Waals surface area contributed by atoms with E-state index in [-0.39, 0.29) is 18.1 Å². The number of amides is 1. The van der Waals surface area contributed by atoms with Crippen LogP contribution in [0.5, 0.6) is 0 Å². The molecule has 0 aromatic heterocycles. The molecule has 2 atom stereocenters. The second kappa shape index (κ2) is 6.96. The first kappa shape index (κ1) is 14.4. The van der Waals surface area contributed by atoms with Crippen LogP contribution in [0.25, 0.3) is 0 Å². The number of carbonyl (C=O) groups is 1. The Hall–Kier alpha value is -1.00. The minimum atomic E-state index is 0.145. The molecule has 19 heavy (non-hydrogen) atoms. The lowest BCUT2D eigenvalue weighted by Gasteiger charge is -2.35. The minimum Gasteiger partial charge on any atom is -0.372 e. The molecular formula is C15H21NO2S. The molecule has 0 spiro atoms. The molecule has 1 amide bonds. The van der Waals surface area contributed by atoms with Crippen LogP contribution in [0.1, 0.15) is 19.4 Å². The first-order valence-corrected chi connectivity index (χ1v) is 7.85. The van der Waals surface area contributed by atoms with E-state index in [2.05, 4.69) is 12.1 Å². The normalized spacial score (nSPS) is 23.4. The summed E-state index contributed by atoms with van der Waals surface area (Å²) in [6.07, 6.45) is 0.290. The third-order valence-corrected chi connectivity index (χ3v) is 4.10. The van der Waals surface area contributed by atoms with Crippen molar-refractivity contribution in [2.45, 2.75) is 31.8 Å². The van der Waals surface area contributed by atoms with Crippen molar-refractivity contribution in [1.29, 1.82) is 0 Å². The molecule has 1 aromatic rings. The zero-order chi connectivity index (χ0) is 13.7. The highest BCUT2D eigenvalue weighted by Gasteiger charge is 2.25. The number of hydrogen-bond donors (Lipinski definition) is 0. The summed E-state index contributed by atoms with van der Waals surface area (Å²) >= 11 is 1.68. The van der Waals surface area contributed by atoms with Crippen molar-refractivity contribution in [3.63, 3.8) is 0 Å². The Balaban J connectivity index is 1.75. The van der Waals surface area contributed by atoms with E-state index in [1.165, 1.54) is 5.56 Å². The zero-order valence-corrected chi connectivity index (χ0v) is 12.4. The summed E-state index contributed by atoms with van der Waals surface area (Å²) in [5.41, 5.74) is 1.27. The molecule has 0 saturated carbocycles. The highest BCUT2D eigenvalue weighted by atomic mass is 32.2. The number of rotatable bonds is 4. The summed E-state index contributed by atoms with van der Waals surface area (Å²) in [4.78, 5) is 14.1. The van der Waals surface area contributed by atoms with Gasteiger partial charge in [0.25, 0.3) is 0 Å². The van der Waals surface area contributed by atoms with E-state index >= 15 is 0 Å². The summed E-state index contributed by atoms with van der Waals surface area (Å²) in [5.74, 6) is 1.67. The van der Waals surface area contributed by atoms with Crippen molar-refractivity contribution in [2.75, 3.05) is 18.8 Å². The summed E-state index contributed by atoms with van der Waals surface area (Å²) in [6, 6.07) is 10.3. The third kappa shape index (κ3) is 4.55. The van der Waals surface area contributed by atoms with E-state index in [9.17, 15) is 4.79 Å². The zero-order valence-electron chi connectivity index (χ0n) is 11.5. The Morgan fingerprint density at radius 2 is 1.89 bits per heavy atom. The van der Waals surface area contributed by atoms with Gasteiger partial charge in [-0.3, -0.25) is 4.79 Å². The molecule has 1 aliphatic rings. The van der Waals surface area contributed by atoms with Gasteiger partial charge in [0.1, 0.15) is 0 Å². The van der Waals surface area contributed by atoms with E-state index in [1.807, 2.05) is 36.9 Å². The molecule has 1 saturated heterocycles. The lowest BCUT2D eigenvalue weighted by molar-refractivity contribution is -0.140. The van der Waals surface area contributed by atoms with Crippen LogP contribution in [0, 0.1) is 0 Å². The first-order valence-electron chi connectivity index (χ1n) is 6.70. The van der Waals surface area contributed by atoms with Gasteiger partial charge in [0.05, 0.1) is 18.0 Å². The monoisotopic (exact) mass is 279 g/mol. The van der Waals surface area contributed by atoms with Crippen molar-refractivity contribution in [3.05, 3.63) is 35.9 Å². The fraction of sp³-hybridized carbons (Fsp3) is 0.533. The molecule has 3 nitrogen and oxygen atoms in total. The molecule has 1 fully saturated rings. The summed E-state index contributed by atoms with van der Waals surface area (Å²) < 4.78 is 5.64. The molecule has 0 unspecified atom stereocenters. The van der Waals surface area contributed by atoms with Crippen molar-refractivity contribution < 1.29 is 9.53 Å². The van der Waals surface area contributed by atoms with Crippen molar-refractivity contribution >= 4 is 17.7 Å². The predicted molar refractivity (Wildman–Crippen MR) is 79.2 cm³/mol. The smallest absolute Gasteiger partial charge is 0.232 e. The highest BCUT2D eigenvalue weighted by molar-refractivity contribution is 7.99. The van der Waals surface area contributed by atoms with E-state index in [1.54, 1.807) is 11.8 Å². The van der Waals surface area contributed by atoms with Crippen LogP contribution in [0.2, 0.25) is 0 Å². The van der Waals surface area contributed by atoms with Crippen molar-refractivity contribution in [2.24, 2.45) is 0 Å². The number of hydrogen-bond acceptors (Lipinski definition) is 3. The van der Waals surface area contributed by atoms with Crippen LogP contribution in [-0.2, 0) is 15.3 Å². The highest BCUT2D eigenvalue weighted by Crippen LogP contribution is 2.15. The molecule has 0 aliphatic carbocycles. The lowest BCUT2D eigenvalue weighted by atomic mass is 10.2. The Labute approximate surface area is 119 Å². The lowest BCUT2D eigenvalue weighted by Crippen LogP contribution is -2.48. The first-order chi connectivity index (χ1) is 9.15. The van der Waals surface area contributed by atoms with Crippen LogP contribution < -0.4 is 0 Å². The van der Waals surface area contributed by atoms with Gasteiger partial charge in [-0.25, -0.2) is 0 Å². The van der Waals surface area contributed by atoms with E-state index in [0.717, 1.165) is 18.8 Å². The second-order valence-corrected chi connectivity index (χ2v) is 6.02. The predicted octanol–water partition coefficient (Wildman–Crippen LogP) is 2.56. The fourth-order valence-corrected chi connectivity index (χ4v) is 3.19. The maximum absolute atomic E-state index is 12.1. The van der Waals surface area contributed by atoms with Crippen LogP contribution in [-0.4, -0.2) is 41.9 Å². The van der Waals surface area contributed by atoms with Crippen LogP contribution >= 0.6 is 11.8 Å². The second-order valence-electron chi connectivity index (χ2n) is 5.03. The Kier molecular flexibility index (Phi) is 5.28. The summed E-state index contributed by atoms with van der Waals surface area (Å²) in [6.45, 7) is 5.48. The Morgan fingerprint density at radius 1 is 1.26 bits per heavy atom. The van der Waals surface area contributed by atoms with Gasteiger partial charge >= 0.3 is 0 Å². The average Bonchev–Trinajstić information content (AvgIpc) is 2.38. The van der Waals surface area contributed by atoms with Crippen LogP contribution in [0.3, 0.4) is 0 Å². The van der Waals surface area contributed by atoms with Gasteiger partial charge in [0, 0.05) is 18.8 Å². The molecule has 4 heteroatoms. The van der Waals surface area contributed by atoms with E-state index in [0.29, 0.717) is 5.75 Å². The third-order valence-electron chi connectivity index (χ3n) is 3.11. The average molecular weight is 279 g/mol. The van der Waals surface area contributed by atoms with Gasteiger partial charge in [0.2, 0.25) is 5.91 Å². The van der Waals surface area contributed by atoms with Gasteiger partial charge in [0.15, 0.2) is 0 Å². The van der Waals surface area contributed by atoms with Gasteiger partial charge < -0.3 is 9.64 Å². The molecule has 1 aliphatic heterocycles. The standard InChI is InChI=1S/C15H21NO2S/c1-12-8-16(9-13(2)18-12)15(17)11-19-10-14-6-4-3-5-7-14/h3-7,12-13H,8-11H2,1-2H3/t12-,13+. The quantitative estimate of drug-likeness (QED) is 0.848. The Morgan fingerprint density at radius 3 is 2.53 bits per heavy atom. The molecule has 2 rings (SSSR count). The molecule has 104 valence electrons. The van der Waals surface area contributed by atoms with Gasteiger partial charge in [-0.2, -0.15) is 0 Å². The number of benzene rings is 1. The van der Waals surface area contributed by atoms with Crippen LogP contribution in [0.15, 0.2) is 30.3 Å². The van der Waals surface area contributed by atoms with Crippen molar-refractivity contribution in [1.82, 2.24) is 4.90 Å². The number of morpholine rings is 1. The van der Waals surface area contributed by atoms with Crippen molar-refractivity contribution in [3.8, 4) is 0 Å². The molecule has 1 aromatic carbocycles. The maximum atomic E-state index is 12.1. The summed E-state index contributed by atoms with van der Waals surface area (Å²) in [5, 5.41) is 0. The van der Waals surface area contributed by atoms with Gasteiger partial charge in [-0.1, -0.05) is 30.3 Å².